The van der Waals surface area contributed by atoms with Crippen LogP contribution in [0.4, 0.5) is 0 Å². The summed E-state index contributed by atoms with van der Waals surface area (Å²) >= 11 is 0. The standard InChI is InChI=1S/C82H77O14P/c1-80(2,58-24-36-64(37-25-58)86-48-70-50-92-70)60-28-40-66(41-29-60)88-52-72(94-78(83)56-16-8-6-9-17-56)54-90-68-44-32-62(33-45-68)82(5,97(85)77-23-15-13-21-75(77)74-20-12-14-22-76(74)96-97)63-34-46-69(47-35-63)91-55-73(95-79(84)57-18-10-7-11-19-57)53-89-67-42-30-61(31-43-67)81(3,4)59-26-38-65(39-27-59)87-49-71-51-93-71/h6-47,70-73H,48-55H2,1-5H3. The first-order valence-electron chi connectivity index (χ1n) is 32.7. The number of rotatable bonds is 29. The number of hydrogen-bond acceptors (Lipinski definition) is 14. The first-order chi connectivity index (χ1) is 47.1. The molecule has 5 atom stereocenters. The van der Waals surface area contributed by atoms with Crippen molar-refractivity contribution in [3.05, 3.63) is 299 Å². The van der Waals surface area contributed by atoms with E-state index < -0.39 is 36.7 Å². The summed E-state index contributed by atoms with van der Waals surface area (Å²) in [5.74, 6) is 3.23. The Morgan fingerprint density at radius 3 is 1.03 bits per heavy atom. The monoisotopic (exact) mass is 1320 g/mol. The zero-order chi connectivity index (χ0) is 67.0. The molecule has 10 aromatic carbocycles. The molecule has 0 saturated carbocycles. The molecule has 14 nitrogen and oxygen atoms in total. The molecule has 0 spiro atoms. The SMILES string of the molecule is CC(C)(c1ccc(OCC2CO2)cc1)c1ccc(OCC(COc2ccc(C(C)(c3ccc(OCC(COc4ccc(C(C)(C)c5ccc(OCC6CO6)cc5)cc4)OC(=O)c4ccccc4)cc3)P3(=O)Oc4ccccc4-c4ccccc43)cc2)OC(=O)c2ccccc2)cc1. The molecule has 13 rings (SSSR count). The van der Waals surface area contributed by atoms with Gasteiger partial charge in [-0.15, -0.1) is 0 Å². The number of para-hydroxylation sites is 1. The molecule has 97 heavy (non-hydrogen) atoms. The van der Waals surface area contributed by atoms with Crippen LogP contribution in [0.1, 0.15) is 88.7 Å². The van der Waals surface area contributed by atoms with E-state index in [1.807, 2.05) is 189 Å². The minimum atomic E-state index is -3.97. The fourth-order valence-electron chi connectivity index (χ4n) is 12.0. The van der Waals surface area contributed by atoms with Gasteiger partial charge in [-0.3, -0.25) is 4.57 Å². The van der Waals surface area contributed by atoms with Gasteiger partial charge in [-0.2, -0.15) is 0 Å². The average Bonchev–Trinajstić information content (AvgIpc) is 1.10. The number of benzene rings is 10. The summed E-state index contributed by atoms with van der Waals surface area (Å²) in [5, 5.41) is -0.742. The minimum Gasteiger partial charge on any atom is -0.491 e. The maximum Gasteiger partial charge on any atom is 0.338 e. The quantitative estimate of drug-likeness (QED) is 0.0247. The smallest absolute Gasteiger partial charge is 0.338 e. The molecule has 3 aliphatic heterocycles. The number of esters is 2. The number of epoxide rings is 2. The fourth-order valence-corrected chi connectivity index (χ4v) is 15.0. The number of ether oxygens (including phenoxy) is 10. The molecule has 0 aliphatic carbocycles. The van der Waals surface area contributed by atoms with E-state index in [1.165, 1.54) is 0 Å². The van der Waals surface area contributed by atoms with Gasteiger partial charge in [0.25, 0.3) is 7.37 Å². The Balaban J connectivity index is 0.719. The van der Waals surface area contributed by atoms with Gasteiger partial charge in [-0.25, -0.2) is 9.59 Å². The lowest BCUT2D eigenvalue weighted by molar-refractivity contribution is 0.00212. The van der Waals surface area contributed by atoms with Crippen molar-refractivity contribution in [2.75, 3.05) is 52.9 Å². The van der Waals surface area contributed by atoms with Gasteiger partial charge >= 0.3 is 11.9 Å². The Morgan fingerprint density at radius 1 is 0.381 bits per heavy atom. The summed E-state index contributed by atoms with van der Waals surface area (Å²) in [6, 6.07) is 80.0. The fraction of sp³-hybridized carbons (Fsp3) is 0.244. The van der Waals surface area contributed by atoms with Crippen LogP contribution in [0.2, 0.25) is 0 Å². The van der Waals surface area contributed by atoms with Gasteiger partial charge in [0.1, 0.15) is 97.3 Å². The Bertz CT molecular complexity index is 4120. The maximum absolute atomic E-state index is 16.6. The second-order valence-corrected chi connectivity index (χ2v) is 28.3. The Hall–Kier alpha value is -10.1. The van der Waals surface area contributed by atoms with Crippen molar-refractivity contribution in [1.82, 2.24) is 0 Å². The summed E-state index contributed by atoms with van der Waals surface area (Å²) in [6.07, 6.45) is -1.30. The summed E-state index contributed by atoms with van der Waals surface area (Å²) in [7, 11) is -3.97. The van der Waals surface area contributed by atoms with Crippen LogP contribution in [0.15, 0.2) is 255 Å². The summed E-state index contributed by atoms with van der Waals surface area (Å²) in [6.45, 7) is 13.1. The Morgan fingerprint density at radius 2 is 0.680 bits per heavy atom. The molecule has 10 aromatic rings. The van der Waals surface area contributed by atoms with Crippen molar-refractivity contribution < 1.29 is 66.0 Å². The molecule has 0 bridgehead atoms. The van der Waals surface area contributed by atoms with E-state index in [0.29, 0.717) is 69.5 Å². The number of carbonyl (C=O) groups excluding carboxylic acids is 2. The molecule has 494 valence electrons. The Labute approximate surface area is 566 Å². The van der Waals surface area contributed by atoms with Gasteiger partial charge in [0, 0.05) is 16.4 Å². The van der Waals surface area contributed by atoms with Gasteiger partial charge in [-0.05, 0) is 155 Å². The van der Waals surface area contributed by atoms with E-state index >= 15 is 4.57 Å². The highest BCUT2D eigenvalue weighted by Gasteiger charge is 2.54. The van der Waals surface area contributed by atoms with E-state index in [9.17, 15) is 9.59 Å². The van der Waals surface area contributed by atoms with E-state index in [1.54, 1.807) is 48.5 Å². The second-order valence-electron chi connectivity index (χ2n) is 25.7. The first kappa shape index (κ1) is 65.5. The molecule has 2 saturated heterocycles. The van der Waals surface area contributed by atoms with E-state index in [-0.39, 0.29) is 49.5 Å². The molecule has 3 heterocycles. The summed E-state index contributed by atoms with van der Waals surface area (Å²) in [4.78, 5) is 27.2. The number of hydrogen-bond donors (Lipinski definition) is 0. The average molecular weight is 1320 g/mol. The lowest BCUT2D eigenvalue weighted by Gasteiger charge is -2.41. The molecule has 2 fully saturated rings. The predicted octanol–water partition coefficient (Wildman–Crippen LogP) is 16.2. The van der Waals surface area contributed by atoms with E-state index in [2.05, 4.69) is 52.0 Å². The van der Waals surface area contributed by atoms with Crippen molar-refractivity contribution in [2.24, 2.45) is 0 Å². The highest BCUT2D eigenvalue weighted by atomic mass is 31.2. The zero-order valence-electron chi connectivity index (χ0n) is 54.9. The molecule has 15 heteroatoms. The highest BCUT2D eigenvalue weighted by molar-refractivity contribution is 7.69. The van der Waals surface area contributed by atoms with Gasteiger partial charge in [0.15, 0.2) is 12.2 Å². The first-order valence-corrected chi connectivity index (χ1v) is 34.4. The van der Waals surface area contributed by atoms with Crippen LogP contribution in [-0.4, -0.2) is 89.2 Å². The maximum atomic E-state index is 16.6. The zero-order valence-corrected chi connectivity index (χ0v) is 55.8. The molecule has 0 aromatic heterocycles. The Kier molecular flexibility index (Phi) is 19.4. The van der Waals surface area contributed by atoms with Crippen molar-refractivity contribution in [3.63, 3.8) is 0 Å². The summed E-state index contributed by atoms with van der Waals surface area (Å²) < 4.78 is 83.6. The van der Waals surface area contributed by atoms with Crippen molar-refractivity contribution in [1.29, 1.82) is 0 Å². The summed E-state index contributed by atoms with van der Waals surface area (Å²) in [5.41, 5.74) is 7.60. The number of fused-ring (bicyclic) bond motifs is 3. The van der Waals surface area contributed by atoms with Gasteiger partial charge in [-0.1, -0.05) is 173 Å². The largest absolute Gasteiger partial charge is 0.491 e. The van der Waals surface area contributed by atoms with Crippen molar-refractivity contribution in [3.8, 4) is 51.4 Å². The second kappa shape index (κ2) is 28.7. The van der Waals surface area contributed by atoms with Crippen LogP contribution < -0.4 is 38.2 Å². The molecular formula is C82H77O14P. The van der Waals surface area contributed by atoms with Crippen LogP contribution >= 0.6 is 7.37 Å². The lowest BCUT2D eigenvalue weighted by Crippen LogP contribution is -2.34. The molecule has 0 radical (unpaired) electrons. The normalized spacial score (nSPS) is 17.2. The van der Waals surface area contributed by atoms with E-state index in [0.717, 1.165) is 58.1 Å². The van der Waals surface area contributed by atoms with E-state index in [4.69, 9.17) is 51.9 Å². The minimum absolute atomic E-state index is 0.00178. The molecule has 5 unspecified atom stereocenters. The van der Waals surface area contributed by atoms with Gasteiger partial charge in [0.05, 0.1) is 29.6 Å². The predicted molar refractivity (Wildman–Crippen MR) is 373 cm³/mol. The molecule has 0 N–H and O–H groups in total. The third-order valence-electron chi connectivity index (χ3n) is 18.3. The third-order valence-corrected chi connectivity index (χ3v) is 21.5. The lowest BCUT2D eigenvalue weighted by atomic mass is 9.78. The third kappa shape index (κ3) is 15.1. The van der Waals surface area contributed by atoms with Crippen molar-refractivity contribution >= 4 is 24.6 Å². The van der Waals surface area contributed by atoms with Crippen LogP contribution in [0.5, 0.6) is 40.2 Å². The van der Waals surface area contributed by atoms with Gasteiger partial charge < -0.3 is 51.9 Å². The van der Waals surface area contributed by atoms with Gasteiger partial charge in [0.2, 0.25) is 0 Å². The van der Waals surface area contributed by atoms with Crippen LogP contribution in [0.25, 0.3) is 11.1 Å². The van der Waals surface area contributed by atoms with Crippen molar-refractivity contribution in [2.45, 2.75) is 75.0 Å². The van der Waals surface area contributed by atoms with Crippen LogP contribution in [0.3, 0.4) is 0 Å². The van der Waals surface area contributed by atoms with Crippen LogP contribution in [-0.2, 0) is 39.5 Å². The highest BCUT2D eigenvalue weighted by Crippen LogP contribution is 2.69. The molecule has 3 aliphatic rings. The van der Waals surface area contributed by atoms with Crippen LogP contribution in [0, 0.1) is 0 Å². The molecular weight excluding hydrogens is 1240 g/mol. The topological polar surface area (TPSA) is 159 Å². The molecule has 0 amide bonds. The number of carbonyl (C=O) groups is 2.